The first kappa shape index (κ1) is 12.9. The number of hydrogen-bond donors (Lipinski definition) is 2. The van der Waals surface area contributed by atoms with Crippen molar-refractivity contribution in [3.05, 3.63) is 29.8 Å². The molecular formula is C13H19N3O2. The molecule has 0 saturated heterocycles. The standard InChI is InChI=1S/C13H19N3O2/c1-17-7-6-15-13(16-14)11-8-10-4-2-3-5-12(10)18-9-11/h2-5,11H,6-9,14H2,1H3,(H,15,16). The molecule has 0 radical (unpaired) electrons. The lowest BCUT2D eigenvalue weighted by Crippen LogP contribution is -2.41. The molecule has 2 rings (SSSR count). The first-order valence-electron chi connectivity index (χ1n) is 6.05. The molecule has 0 aromatic heterocycles. The Morgan fingerprint density at radius 3 is 3.17 bits per heavy atom. The highest BCUT2D eigenvalue weighted by Crippen LogP contribution is 2.26. The molecule has 1 aromatic rings. The molecule has 5 nitrogen and oxygen atoms in total. The summed E-state index contributed by atoms with van der Waals surface area (Å²) in [4.78, 5) is 4.40. The van der Waals surface area contributed by atoms with E-state index in [-0.39, 0.29) is 5.92 Å². The Kier molecular flexibility index (Phi) is 4.55. The maximum absolute atomic E-state index is 5.72. The van der Waals surface area contributed by atoms with Gasteiger partial charge in [-0.05, 0) is 18.1 Å². The molecule has 1 aliphatic heterocycles. The predicted molar refractivity (Wildman–Crippen MR) is 70.6 cm³/mol. The Balaban J connectivity index is 2.04. The number of rotatable bonds is 4. The highest BCUT2D eigenvalue weighted by atomic mass is 16.5. The zero-order valence-corrected chi connectivity index (χ0v) is 10.6. The van der Waals surface area contributed by atoms with Crippen molar-refractivity contribution in [1.82, 2.24) is 5.43 Å². The fourth-order valence-electron chi connectivity index (χ4n) is 2.05. The highest BCUT2D eigenvalue weighted by Gasteiger charge is 2.23. The van der Waals surface area contributed by atoms with E-state index >= 15 is 0 Å². The number of nitrogens with zero attached hydrogens (tertiary/aromatic N) is 1. The minimum Gasteiger partial charge on any atom is -0.493 e. The maximum Gasteiger partial charge on any atom is 0.122 e. The smallest absolute Gasteiger partial charge is 0.122 e. The summed E-state index contributed by atoms with van der Waals surface area (Å²) in [5.41, 5.74) is 3.87. The van der Waals surface area contributed by atoms with E-state index in [4.69, 9.17) is 15.3 Å². The molecule has 5 heteroatoms. The number of amidine groups is 1. The second-order valence-electron chi connectivity index (χ2n) is 4.22. The average Bonchev–Trinajstić information content (AvgIpc) is 2.43. The Labute approximate surface area is 107 Å². The summed E-state index contributed by atoms with van der Waals surface area (Å²) < 4.78 is 10.7. The Morgan fingerprint density at radius 1 is 1.56 bits per heavy atom. The predicted octanol–water partition coefficient (Wildman–Crippen LogP) is 0.746. The lowest BCUT2D eigenvalue weighted by atomic mass is 9.96. The third-order valence-corrected chi connectivity index (χ3v) is 2.99. The molecule has 0 fully saturated rings. The molecule has 1 aliphatic rings. The van der Waals surface area contributed by atoms with Gasteiger partial charge in [0.15, 0.2) is 0 Å². The van der Waals surface area contributed by atoms with Crippen molar-refractivity contribution < 1.29 is 9.47 Å². The largest absolute Gasteiger partial charge is 0.493 e. The maximum atomic E-state index is 5.72. The summed E-state index contributed by atoms with van der Waals surface area (Å²) in [6, 6.07) is 8.06. The minimum absolute atomic E-state index is 0.182. The number of hydrazine groups is 1. The van der Waals surface area contributed by atoms with Crippen molar-refractivity contribution in [2.75, 3.05) is 26.9 Å². The summed E-state index contributed by atoms with van der Waals surface area (Å²) >= 11 is 0. The number of nitrogens with two attached hydrogens (primary N) is 1. The van der Waals surface area contributed by atoms with Gasteiger partial charge >= 0.3 is 0 Å². The van der Waals surface area contributed by atoms with E-state index in [1.165, 1.54) is 5.56 Å². The van der Waals surface area contributed by atoms with Gasteiger partial charge in [0, 0.05) is 7.11 Å². The Hall–Kier alpha value is -1.59. The van der Waals surface area contributed by atoms with Crippen LogP contribution < -0.4 is 16.0 Å². The summed E-state index contributed by atoms with van der Waals surface area (Å²) in [6.07, 6.45) is 0.895. The van der Waals surface area contributed by atoms with Gasteiger partial charge < -0.3 is 14.9 Å². The zero-order chi connectivity index (χ0) is 12.8. The van der Waals surface area contributed by atoms with Gasteiger partial charge in [0.05, 0.1) is 25.7 Å². The average molecular weight is 249 g/mol. The Morgan fingerprint density at radius 2 is 2.39 bits per heavy atom. The van der Waals surface area contributed by atoms with Crippen LogP contribution in [0.4, 0.5) is 0 Å². The van der Waals surface area contributed by atoms with Crippen molar-refractivity contribution in [2.45, 2.75) is 6.42 Å². The molecule has 0 aliphatic carbocycles. The number of aliphatic imine (C=N–C) groups is 1. The number of methoxy groups -OCH3 is 1. The first-order valence-corrected chi connectivity index (χ1v) is 6.05. The Bertz CT molecular complexity index is 420. The van der Waals surface area contributed by atoms with Crippen molar-refractivity contribution in [1.29, 1.82) is 0 Å². The van der Waals surface area contributed by atoms with Crippen LogP contribution >= 0.6 is 0 Å². The molecular weight excluding hydrogens is 230 g/mol. The molecule has 1 atom stereocenters. The van der Waals surface area contributed by atoms with Gasteiger partial charge in [-0.2, -0.15) is 0 Å². The van der Waals surface area contributed by atoms with Crippen LogP contribution in [0.15, 0.2) is 29.3 Å². The number of nitrogens with one attached hydrogen (secondary N) is 1. The number of para-hydroxylation sites is 1. The van der Waals surface area contributed by atoms with Crippen LogP contribution in [0, 0.1) is 5.92 Å². The molecule has 98 valence electrons. The van der Waals surface area contributed by atoms with Gasteiger partial charge in [-0.25, -0.2) is 5.84 Å². The monoisotopic (exact) mass is 249 g/mol. The van der Waals surface area contributed by atoms with Crippen molar-refractivity contribution in [2.24, 2.45) is 16.8 Å². The quantitative estimate of drug-likeness (QED) is 0.271. The molecule has 0 bridgehead atoms. The highest BCUT2D eigenvalue weighted by molar-refractivity contribution is 5.84. The van der Waals surface area contributed by atoms with E-state index in [2.05, 4.69) is 16.5 Å². The van der Waals surface area contributed by atoms with E-state index in [9.17, 15) is 0 Å². The van der Waals surface area contributed by atoms with E-state index in [1.807, 2.05) is 18.2 Å². The van der Waals surface area contributed by atoms with Crippen LogP contribution in [0.25, 0.3) is 0 Å². The topological polar surface area (TPSA) is 68.9 Å². The summed E-state index contributed by atoms with van der Waals surface area (Å²) in [5.74, 6) is 7.45. The SMILES string of the molecule is COCCN=C(NN)C1COc2ccccc2C1. The second-order valence-corrected chi connectivity index (χ2v) is 4.22. The summed E-state index contributed by atoms with van der Waals surface area (Å²) in [6.45, 7) is 1.80. The normalized spacial score (nSPS) is 19.0. The van der Waals surface area contributed by atoms with Gasteiger partial charge in [-0.3, -0.25) is 4.99 Å². The lowest BCUT2D eigenvalue weighted by Gasteiger charge is -2.26. The fourth-order valence-corrected chi connectivity index (χ4v) is 2.05. The van der Waals surface area contributed by atoms with Crippen molar-refractivity contribution in [3.63, 3.8) is 0 Å². The van der Waals surface area contributed by atoms with Crippen LogP contribution in [0.1, 0.15) is 5.56 Å². The first-order chi connectivity index (χ1) is 8.85. The van der Waals surface area contributed by atoms with E-state index in [0.29, 0.717) is 19.8 Å². The van der Waals surface area contributed by atoms with Crippen LogP contribution in [-0.4, -0.2) is 32.7 Å². The van der Waals surface area contributed by atoms with Crippen molar-refractivity contribution >= 4 is 5.84 Å². The van der Waals surface area contributed by atoms with Crippen molar-refractivity contribution in [3.8, 4) is 5.75 Å². The molecule has 18 heavy (non-hydrogen) atoms. The summed E-state index contributed by atoms with van der Waals surface area (Å²) in [7, 11) is 1.66. The van der Waals surface area contributed by atoms with Gasteiger partial charge in [0.2, 0.25) is 0 Å². The lowest BCUT2D eigenvalue weighted by molar-refractivity contribution is 0.207. The third-order valence-electron chi connectivity index (χ3n) is 2.99. The number of hydrogen-bond acceptors (Lipinski definition) is 4. The van der Waals surface area contributed by atoms with Crippen LogP contribution in [0.2, 0.25) is 0 Å². The number of ether oxygens (including phenoxy) is 2. The molecule has 1 unspecified atom stereocenters. The third kappa shape index (κ3) is 3.00. The molecule has 1 heterocycles. The second kappa shape index (κ2) is 6.37. The van der Waals surface area contributed by atoms with Gasteiger partial charge in [-0.1, -0.05) is 18.2 Å². The number of benzene rings is 1. The molecule has 0 amide bonds. The van der Waals surface area contributed by atoms with E-state index in [0.717, 1.165) is 18.0 Å². The van der Waals surface area contributed by atoms with Gasteiger partial charge in [0.1, 0.15) is 11.6 Å². The van der Waals surface area contributed by atoms with Crippen LogP contribution in [0.3, 0.4) is 0 Å². The molecule has 1 aromatic carbocycles. The minimum atomic E-state index is 0.182. The van der Waals surface area contributed by atoms with Gasteiger partial charge in [-0.15, -0.1) is 0 Å². The zero-order valence-electron chi connectivity index (χ0n) is 10.6. The van der Waals surface area contributed by atoms with E-state index < -0.39 is 0 Å². The molecule has 0 saturated carbocycles. The number of fused-ring (bicyclic) bond motifs is 1. The molecule has 3 N–H and O–H groups in total. The summed E-state index contributed by atoms with van der Waals surface area (Å²) in [5, 5.41) is 0. The van der Waals surface area contributed by atoms with Crippen LogP contribution in [-0.2, 0) is 11.2 Å². The fraction of sp³-hybridized carbons (Fsp3) is 0.462. The molecule has 0 spiro atoms. The van der Waals surface area contributed by atoms with Gasteiger partial charge in [0.25, 0.3) is 0 Å². The van der Waals surface area contributed by atoms with E-state index in [1.54, 1.807) is 7.11 Å². The van der Waals surface area contributed by atoms with Crippen LogP contribution in [0.5, 0.6) is 5.75 Å².